The Morgan fingerprint density at radius 1 is 1.09 bits per heavy atom. The molecule has 22 heavy (non-hydrogen) atoms. The van der Waals surface area contributed by atoms with Crippen LogP contribution in [0.4, 0.5) is 0 Å². The summed E-state index contributed by atoms with van der Waals surface area (Å²) in [4.78, 5) is 2.66. The Kier molecular flexibility index (Phi) is 7.79. The van der Waals surface area contributed by atoms with Gasteiger partial charge in [-0.25, -0.2) is 0 Å². The highest BCUT2D eigenvalue weighted by atomic mass is 16.5. The summed E-state index contributed by atoms with van der Waals surface area (Å²) in [6, 6.07) is 8.51. The van der Waals surface area contributed by atoms with Crippen LogP contribution in [0.1, 0.15) is 57.4 Å². The second-order valence-electron chi connectivity index (χ2n) is 6.74. The molecule has 0 heterocycles. The van der Waals surface area contributed by atoms with Crippen LogP contribution in [-0.2, 0) is 6.42 Å². The van der Waals surface area contributed by atoms with E-state index in [0.717, 1.165) is 18.1 Å². The second kappa shape index (κ2) is 9.89. The van der Waals surface area contributed by atoms with Crippen molar-refractivity contribution in [3.63, 3.8) is 0 Å². The van der Waals surface area contributed by atoms with E-state index in [9.17, 15) is 0 Å². The number of ether oxygens (including phenoxy) is 1. The lowest BCUT2D eigenvalue weighted by Gasteiger charge is -2.27. The van der Waals surface area contributed by atoms with Gasteiger partial charge in [0.2, 0.25) is 0 Å². The van der Waals surface area contributed by atoms with E-state index >= 15 is 0 Å². The lowest BCUT2D eigenvalue weighted by atomic mass is 9.87. The Hall–Kier alpha value is -1.02. The molecule has 0 amide bonds. The highest BCUT2D eigenvalue weighted by Crippen LogP contribution is 2.26. The minimum Gasteiger partial charge on any atom is -0.497 e. The average Bonchev–Trinajstić information content (AvgIpc) is 2.58. The van der Waals surface area contributed by atoms with E-state index in [1.54, 1.807) is 7.11 Å². The first kappa shape index (κ1) is 17.3. The molecule has 0 spiro atoms. The molecule has 0 aromatic heterocycles. The van der Waals surface area contributed by atoms with Gasteiger partial charge in [0.1, 0.15) is 5.75 Å². The molecule has 0 atom stereocenters. The molecular formula is C20H33NO. The van der Waals surface area contributed by atoms with Gasteiger partial charge in [0.25, 0.3) is 0 Å². The molecular weight excluding hydrogens is 270 g/mol. The zero-order valence-corrected chi connectivity index (χ0v) is 14.5. The van der Waals surface area contributed by atoms with Gasteiger partial charge < -0.3 is 9.64 Å². The van der Waals surface area contributed by atoms with E-state index in [2.05, 4.69) is 30.0 Å². The summed E-state index contributed by atoms with van der Waals surface area (Å²) in [7, 11) is 1.74. The number of nitrogens with zero attached hydrogens (tertiary/aromatic N) is 1. The largest absolute Gasteiger partial charge is 0.497 e. The molecule has 0 N–H and O–H groups in total. The molecule has 1 aromatic rings. The molecule has 1 aromatic carbocycles. The van der Waals surface area contributed by atoms with E-state index in [1.165, 1.54) is 70.1 Å². The Bertz CT molecular complexity index is 412. The summed E-state index contributed by atoms with van der Waals surface area (Å²) >= 11 is 0. The molecule has 2 rings (SSSR count). The van der Waals surface area contributed by atoms with E-state index in [1.807, 2.05) is 6.07 Å². The molecule has 0 radical (unpaired) electrons. The van der Waals surface area contributed by atoms with Gasteiger partial charge in [-0.05, 0) is 56.0 Å². The van der Waals surface area contributed by atoms with Crippen molar-refractivity contribution < 1.29 is 4.74 Å². The van der Waals surface area contributed by atoms with Crippen LogP contribution in [0, 0.1) is 5.92 Å². The Balaban J connectivity index is 1.77. The predicted molar refractivity (Wildman–Crippen MR) is 94.6 cm³/mol. The standard InChI is InChI=1S/C20H33NO/c1-3-14-21(15-12-18-8-5-4-6-9-18)16-13-19-10-7-11-20(17-19)22-2/h7,10-11,17-18H,3-6,8-9,12-16H2,1-2H3. The lowest BCUT2D eigenvalue weighted by Crippen LogP contribution is -2.29. The van der Waals surface area contributed by atoms with Gasteiger partial charge in [-0.15, -0.1) is 0 Å². The van der Waals surface area contributed by atoms with Gasteiger partial charge in [0.15, 0.2) is 0 Å². The number of benzene rings is 1. The van der Waals surface area contributed by atoms with Crippen LogP contribution in [0.15, 0.2) is 24.3 Å². The number of methoxy groups -OCH3 is 1. The third kappa shape index (κ3) is 6.00. The van der Waals surface area contributed by atoms with Gasteiger partial charge in [0, 0.05) is 6.54 Å². The minimum absolute atomic E-state index is 0.974. The maximum Gasteiger partial charge on any atom is 0.119 e. The van der Waals surface area contributed by atoms with Gasteiger partial charge in [-0.1, -0.05) is 51.2 Å². The van der Waals surface area contributed by atoms with Crippen molar-refractivity contribution in [1.29, 1.82) is 0 Å². The Morgan fingerprint density at radius 2 is 1.91 bits per heavy atom. The third-order valence-electron chi connectivity index (χ3n) is 4.97. The highest BCUT2D eigenvalue weighted by Gasteiger charge is 2.14. The molecule has 2 heteroatoms. The van der Waals surface area contributed by atoms with Crippen molar-refractivity contribution >= 4 is 0 Å². The maximum atomic E-state index is 5.32. The van der Waals surface area contributed by atoms with E-state index < -0.39 is 0 Å². The van der Waals surface area contributed by atoms with Crippen molar-refractivity contribution in [2.75, 3.05) is 26.7 Å². The Morgan fingerprint density at radius 3 is 2.64 bits per heavy atom. The van der Waals surface area contributed by atoms with E-state index in [0.29, 0.717) is 0 Å². The third-order valence-corrected chi connectivity index (χ3v) is 4.97. The lowest BCUT2D eigenvalue weighted by molar-refractivity contribution is 0.233. The molecule has 1 saturated carbocycles. The zero-order chi connectivity index (χ0) is 15.6. The first-order chi connectivity index (χ1) is 10.8. The molecule has 124 valence electrons. The van der Waals surface area contributed by atoms with Crippen LogP contribution < -0.4 is 4.74 Å². The quantitative estimate of drug-likeness (QED) is 0.642. The topological polar surface area (TPSA) is 12.5 Å². The van der Waals surface area contributed by atoms with E-state index in [-0.39, 0.29) is 0 Å². The first-order valence-electron chi connectivity index (χ1n) is 9.17. The fraction of sp³-hybridized carbons (Fsp3) is 0.700. The Labute approximate surface area is 136 Å². The maximum absolute atomic E-state index is 5.32. The summed E-state index contributed by atoms with van der Waals surface area (Å²) in [6.45, 7) is 5.98. The van der Waals surface area contributed by atoms with Crippen LogP contribution in [0.25, 0.3) is 0 Å². The fourth-order valence-electron chi connectivity index (χ4n) is 3.61. The van der Waals surface area contributed by atoms with Crippen molar-refractivity contribution in [3.8, 4) is 5.75 Å². The molecule has 0 saturated heterocycles. The van der Waals surface area contributed by atoms with Crippen molar-refractivity contribution in [3.05, 3.63) is 29.8 Å². The molecule has 0 bridgehead atoms. The van der Waals surface area contributed by atoms with Crippen LogP contribution in [-0.4, -0.2) is 31.6 Å². The van der Waals surface area contributed by atoms with Crippen molar-refractivity contribution in [2.45, 2.75) is 58.3 Å². The van der Waals surface area contributed by atoms with E-state index in [4.69, 9.17) is 4.74 Å². The fourth-order valence-corrected chi connectivity index (χ4v) is 3.61. The molecule has 1 fully saturated rings. The van der Waals surface area contributed by atoms with Gasteiger partial charge in [-0.3, -0.25) is 0 Å². The highest BCUT2D eigenvalue weighted by molar-refractivity contribution is 5.28. The molecule has 0 unspecified atom stereocenters. The molecule has 1 aliphatic carbocycles. The first-order valence-corrected chi connectivity index (χ1v) is 9.17. The monoisotopic (exact) mass is 303 g/mol. The molecule has 1 aliphatic rings. The van der Waals surface area contributed by atoms with Gasteiger partial charge in [0.05, 0.1) is 7.11 Å². The second-order valence-corrected chi connectivity index (χ2v) is 6.74. The van der Waals surface area contributed by atoms with Gasteiger partial charge >= 0.3 is 0 Å². The van der Waals surface area contributed by atoms with Crippen LogP contribution in [0.3, 0.4) is 0 Å². The normalized spacial score (nSPS) is 16.1. The number of hydrogen-bond acceptors (Lipinski definition) is 2. The summed E-state index contributed by atoms with van der Waals surface area (Å²) in [5.74, 6) is 1.96. The van der Waals surface area contributed by atoms with Gasteiger partial charge in [-0.2, -0.15) is 0 Å². The zero-order valence-electron chi connectivity index (χ0n) is 14.5. The number of rotatable bonds is 9. The predicted octanol–water partition coefficient (Wildman–Crippen LogP) is 4.92. The average molecular weight is 303 g/mol. The smallest absolute Gasteiger partial charge is 0.119 e. The molecule has 2 nitrogen and oxygen atoms in total. The van der Waals surface area contributed by atoms with Crippen LogP contribution in [0.5, 0.6) is 5.75 Å². The van der Waals surface area contributed by atoms with Crippen LogP contribution >= 0.6 is 0 Å². The summed E-state index contributed by atoms with van der Waals surface area (Å²) < 4.78 is 5.32. The minimum atomic E-state index is 0.974. The van der Waals surface area contributed by atoms with Crippen molar-refractivity contribution in [1.82, 2.24) is 4.90 Å². The number of hydrogen-bond donors (Lipinski definition) is 0. The summed E-state index contributed by atoms with van der Waals surface area (Å²) in [6.07, 6.45) is 11.1. The SMILES string of the molecule is CCCN(CCc1cccc(OC)c1)CCC1CCCCC1. The molecule has 0 aliphatic heterocycles. The summed E-state index contributed by atoms with van der Waals surface area (Å²) in [5, 5.41) is 0. The van der Waals surface area contributed by atoms with Crippen LogP contribution in [0.2, 0.25) is 0 Å². The summed E-state index contributed by atoms with van der Waals surface area (Å²) in [5.41, 5.74) is 1.39. The van der Waals surface area contributed by atoms with Crippen molar-refractivity contribution in [2.24, 2.45) is 5.92 Å².